The molecule has 2 atom stereocenters. The van der Waals surface area contributed by atoms with Gasteiger partial charge >= 0.3 is 0 Å². The zero-order valence-electron chi connectivity index (χ0n) is 9.64. The van der Waals surface area contributed by atoms with Gasteiger partial charge in [0, 0.05) is 13.1 Å². The van der Waals surface area contributed by atoms with Crippen LogP contribution in [0, 0.1) is 11.9 Å². The summed E-state index contributed by atoms with van der Waals surface area (Å²) in [6.07, 6.45) is 0.239. The first kappa shape index (κ1) is 12.0. The molecule has 1 aromatic rings. The topological polar surface area (TPSA) is 53.4 Å². The fourth-order valence-electron chi connectivity index (χ4n) is 1.92. The molecular weight excluding hydrogens is 223 g/mol. The van der Waals surface area contributed by atoms with Gasteiger partial charge in [-0.2, -0.15) is 4.39 Å². The first-order valence-electron chi connectivity index (χ1n) is 5.68. The highest BCUT2D eigenvalue weighted by atomic mass is 19.1. The van der Waals surface area contributed by atoms with Crippen LogP contribution < -0.4 is 0 Å². The molecule has 1 aromatic heterocycles. The van der Waals surface area contributed by atoms with E-state index in [9.17, 15) is 14.3 Å². The van der Waals surface area contributed by atoms with Crippen LogP contribution in [0.15, 0.2) is 18.2 Å². The predicted octanol–water partition coefficient (Wildman–Crippen LogP) is 1.06. The van der Waals surface area contributed by atoms with E-state index < -0.39 is 12.1 Å². The number of nitrogens with zero attached hydrogens (tertiary/aromatic N) is 2. The zero-order chi connectivity index (χ0) is 12.4. The van der Waals surface area contributed by atoms with Crippen molar-refractivity contribution in [1.29, 1.82) is 0 Å². The van der Waals surface area contributed by atoms with Crippen LogP contribution in [0.1, 0.15) is 23.8 Å². The van der Waals surface area contributed by atoms with Crippen molar-refractivity contribution in [3.8, 4) is 0 Å². The Morgan fingerprint density at radius 3 is 3.00 bits per heavy atom. The Morgan fingerprint density at radius 1 is 1.59 bits per heavy atom. The van der Waals surface area contributed by atoms with Gasteiger partial charge in [0.25, 0.3) is 5.91 Å². The number of aliphatic hydroxyl groups excluding tert-OH is 1. The van der Waals surface area contributed by atoms with Crippen molar-refractivity contribution in [1.82, 2.24) is 9.88 Å². The highest BCUT2D eigenvalue weighted by Crippen LogP contribution is 2.18. The lowest BCUT2D eigenvalue weighted by Gasteiger charge is -2.34. The number of aliphatic hydroxyl groups is 1. The van der Waals surface area contributed by atoms with Gasteiger partial charge in [-0.15, -0.1) is 0 Å². The predicted molar refractivity (Wildman–Crippen MR) is 59.9 cm³/mol. The molecule has 1 aliphatic rings. The lowest BCUT2D eigenvalue weighted by molar-refractivity contribution is 0.0244. The minimum Gasteiger partial charge on any atom is -0.391 e. The lowest BCUT2D eigenvalue weighted by Crippen LogP contribution is -2.46. The number of pyridine rings is 1. The Morgan fingerprint density at radius 2 is 2.35 bits per heavy atom. The molecule has 1 aliphatic heterocycles. The van der Waals surface area contributed by atoms with E-state index in [2.05, 4.69) is 4.98 Å². The molecule has 0 spiro atoms. The van der Waals surface area contributed by atoms with Crippen LogP contribution in [0.25, 0.3) is 0 Å². The third-order valence-corrected chi connectivity index (χ3v) is 3.14. The van der Waals surface area contributed by atoms with E-state index in [0.29, 0.717) is 6.54 Å². The molecule has 0 aliphatic carbocycles. The average Bonchev–Trinajstić information content (AvgIpc) is 2.32. The Hall–Kier alpha value is -1.49. The van der Waals surface area contributed by atoms with Crippen LogP contribution in [-0.2, 0) is 0 Å². The summed E-state index contributed by atoms with van der Waals surface area (Å²) in [6, 6.07) is 4.14. The number of aromatic nitrogens is 1. The molecule has 1 N–H and O–H groups in total. The van der Waals surface area contributed by atoms with Gasteiger partial charge in [0.2, 0.25) is 5.95 Å². The fraction of sp³-hybridized carbons (Fsp3) is 0.500. The van der Waals surface area contributed by atoms with Gasteiger partial charge < -0.3 is 10.0 Å². The van der Waals surface area contributed by atoms with Crippen molar-refractivity contribution < 1.29 is 14.3 Å². The van der Waals surface area contributed by atoms with Gasteiger partial charge in [0.05, 0.1) is 6.10 Å². The summed E-state index contributed by atoms with van der Waals surface area (Å²) in [6.45, 7) is 2.82. The van der Waals surface area contributed by atoms with Crippen LogP contribution in [0.2, 0.25) is 0 Å². The minimum atomic E-state index is -0.665. The van der Waals surface area contributed by atoms with E-state index in [1.165, 1.54) is 23.1 Å². The van der Waals surface area contributed by atoms with Gasteiger partial charge in [-0.05, 0) is 24.5 Å². The molecular formula is C12H15FN2O2. The summed E-state index contributed by atoms with van der Waals surface area (Å²) in [5, 5.41) is 9.71. The normalized spacial score (nSPS) is 24.8. The maximum atomic E-state index is 12.9. The number of amides is 1. The molecule has 2 rings (SSSR count). The van der Waals surface area contributed by atoms with Gasteiger partial charge in [-0.25, -0.2) is 4.98 Å². The van der Waals surface area contributed by atoms with Crippen molar-refractivity contribution >= 4 is 5.91 Å². The van der Waals surface area contributed by atoms with Crippen LogP contribution in [-0.4, -0.2) is 40.1 Å². The van der Waals surface area contributed by atoms with Crippen molar-refractivity contribution in [2.75, 3.05) is 13.1 Å². The van der Waals surface area contributed by atoms with Gasteiger partial charge in [-0.1, -0.05) is 13.0 Å². The molecule has 2 unspecified atom stereocenters. The van der Waals surface area contributed by atoms with Crippen molar-refractivity contribution in [3.63, 3.8) is 0 Å². The van der Waals surface area contributed by atoms with E-state index in [-0.39, 0.29) is 24.1 Å². The summed E-state index contributed by atoms with van der Waals surface area (Å²) in [4.78, 5) is 17.1. The zero-order valence-corrected chi connectivity index (χ0v) is 9.64. The summed E-state index contributed by atoms with van der Waals surface area (Å²) in [5.41, 5.74) is 0.0896. The van der Waals surface area contributed by atoms with Crippen LogP contribution in [0.5, 0.6) is 0 Å². The molecule has 1 fully saturated rings. The van der Waals surface area contributed by atoms with Crippen LogP contribution >= 0.6 is 0 Å². The van der Waals surface area contributed by atoms with E-state index in [4.69, 9.17) is 0 Å². The monoisotopic (exact) mass is 238 g/mol. The molecule has 0 aromatic carbocycles. The molecule has 1 amide bonds. The molecule has 92 valence electrons. The number of rotatable bonds is 1. The quantitative estimate of drug-likeness (QED) is 0.744. The van der Waals surface area contributed by atoms with E-state index in [1.807, 2.05) is 6.92 Å². The molecule has 5 heteroatoms. The highest BCUT2D eigenvalue weighted by molar-refractivity contribution is 5.92. The van der Waals surface area contributed by atoms with Gasteiger partial charge in [0.15, 0.2) is 0 Å². The smallest absolute Gasteiger partial charge is 0.272 e. The SMILES string of the molecule is CC1CCN(C(=O)c2cccc(F)n2)CC1O. The van der Waals surface area contributed by atoms with Gasteiger partial charge in [0.1, 0.15) is 5.69 Å². The Labute approximate surface area is 99.1 Å². The summed E-state index contributed by atoms with van der Waals surface area (Å²) in [5.74, 6) is -0.795. The standard InChI is InChI=1S/C12H15FN2O2/c1-8-5-6-15(7-10(8)16)12(17)9-3-2-4-11(13)14-9/h2-4,8,10,16H,5-7H2,1H3. The number of halogens is 1. The number of carbonyl (C=O) groups is 1. The van der Waals surface area contributed by atoms with Crippen LogP contribution in [0.3, 0.4) is 0 Å². The molecule has 2 heterocycles. The summed E-state index contributed by atoms with van der Waals surface area (Å²) in [7, 11) is 0. The van der Waals surface area contributed by atoms with E-state index >= 15 is 0 Å². The molecule has 17 heavy (non-hydrogen) atoms. The third-order valence-electron chi connectivity index (χ3n) is 3.14. The average molecular weight is 238 g/mol. The highest BCUT2D eigenvalue weighted by Gasteiger charge is 2.28. The van der Waals surface area contributed by atoms with Crippen LogP contribution in [0.4, 0.5) is 4.39 Å². The number of piperidine rings is 1. The maximum absolute atomic E-state index is 12.9. The van der Waals surface area contributed by atoms with Gasteiger partial charge in [-0.3, -0.25) is 4.79 Å². The van der Waals surface area contributed by atoms with E-state index in [1.54, 1.807) is 0 Å². The molecule has 4 nitrogen and oxygen atoms in total. The second-order valence-electron chi connectivity index (χ2n) is 4.43. The largest absolute Gasteiger partial charge is 0.391 e. The number of hydrogen-bond acceptors (Lipinski definition) is 3. The first-order chi connectivity index (χ1) is 8.08. The molecule has 1 saturated heterocycles. The second kappa shape index (κ2) is 4.79. The Balaban J connectivity index is 2.10. The van der Waals surface area contributed by atoms with Crippen molar-refractivity contribution in [2.45, 2.75) is 19.4 Å². The molecule has 0 saturated carbocycles. The number of likely N-dealkylation sites (tertiary alicyclic amines) is 1. The Kier molecular flexibility index (Phi) is 3.38. The van der Waals surface area contributed by atoms with Crippen molar-refractivity contribution in [2.24, 2.45) is 5.92 Å². The maximum Gasteiger partial charge on any atom is 0.272 e. The number of carbonyl (C=O) groups excluding carboxylic acids is 1. The fourth-order valence-corrected chi connectivity index (χ4v) is 1.92. The molecule has 0 radical (unpaired) electrons. The second-order valence-corrected chi connectivity index (χ2v) is 4.43. The van der Waals surface area contributed by atoms with Crippen molar-refractivity contribution in [3.05, 3.63) is 29.8 Å². The number of hydrogen-bond donors (Lipinski definition) is 1. The summed E-state index contributed by atoms with van der Waals surface area (Å²) < 4.78 is 12.9. The Bertz CT molecular complexity index is 425. The first-order valence-corrected chi connectivity index (χ1v) is 5.68. The third kappa shape index (κ3) is 2.61. The molecule has 0 bridgehead atoms. The minimum absolute atomic E-state index is 0.0896. The lowest BCUT2D eigenvalue weighted by atomic mass is 9.96. The van der Waals surface area contributed by atoms with E-state index in [0.717, 1.165) is 6.42 Å². The summed E-state index contributed by atoms with van der Waals surface area (Å²) >= 11 is 0. The number of β-amino-alcohol motifs (C(OH)–C–C–N with tert-alkyl or cyclic N) is 1.